The predicted octanol–water partition coefficient (Wildman–Crippen LogP) is 4.01. The molecule has 0 spiro atoms. The number of ether oxygens (including phenoxy) is 2. The molecule has 2 N–H and O–H groups in total. The monoisotopic (exact) mass is 312 g/mol. The summed E-state index contributed by atoms with van der Waals surface area (Å²) in [5, 5.41) is 5.60. The van der Waals surface area contributed by atoms with Crippen molar-refractivity contribution in [3.05, 3.63) is 24.0 Å². The number of rotatable bonds is 6. The largest absolute Gasteiger partial charge is 0.444 e. The van der Waals surface area contributed by atoms with Gasteiger partial charge in [0, 0.05) is 18.3 Å². The first kappa shape index (κ1) is 18.2. The molecular weight excluding hydrogens is 287 g/mol. The quantitative estimate of drug-likeness (QED) is 0.833. The van der Waals surface area contributed by atoms with Crippen LogP contribution < -0.4 is 10.6 Å². The molecule has 0 aliphatic carbocycles. The normalized spacial score (nSPS) is 12.6. The highest BCUT2D eigenvalue weighted by Crippen LogP contribution is 2.21. The summed E-state index contributed by atoms with van der Waals surface area (Å²) in [7, 11) is 0. The van der Waals surface area contributed by atoms with Crippen molar-refractivity contribution >= 4 is 17.5 Å². The molecule has 0 heterocycles. The second kappa shape index (κ2) is 7.98. The molecule has 1 aromatic rings. The molecule has 0 bridgehead atoms. The molecule has 0 saturated heterocycles. The summed E-state index contributed by atoms with van der Waals surface area (Å²) in [6.45, 7) is 10.3. The van der Waals surface area contributed by atoms with Crippen molar-refractivity contribution in [1.82, 2.24) is 0 Å². The van der Waals surface area contributed by atoms with Crippen molar-refractivity contribution in [1.29, 1.82) is 0 Å². The average molecular weight is 312 g/mol. The van der Waals surface area contributed by atoms with Gasteiger partial charge in [-0.3, -0.25) is 5.32 Å². The molecule has 6 heteroatoms. The molecule has 22 heavy (non-hydrogen) atoms. The van der Waals surface area contributed by atoms with Crippen molar-refractivity contribution in [2.75, 3.05) is 23.8 Å². The Labute approximate surface area is 131 Å². The third-order valence-corrected chi connectivity index (χ3v) is 2.59. The Balaban J connectivity index is 2.71. The highest BCUT2D eigenvalue weighted by Gasteiger charge is 2.17. The van der Waals surface area contributed by atoms with E-state index in [1.807, 2.05) is 13.8 Å². The smallest absolute Gasteiger partial charge is 0.412 e. The van der Waals surface area contributed by atoms with Gasteiger partial charge in [-0.1, -0.05) is 0 Å². The number of halogens is 1. The maximum absolute atomic E-state index is 13.8. The molecular formula is C16H25FN2O3. The molecule has 0 aliphatic rings. The number of carbonyl (C=O) groups is 1. The first-order valence-electron chi connectivity index (χ1n) is 7.35. The van der Waals surface area contributed by atoms with E-state index in [0.717, 1.165) is 0 Å². The lowest BCUT2D eigenvalue weighted by Gasteiger charge is -2.20. The summed E-state index contributed by atoms with van der Waals surface area (Å²) in [6, 6.07) is 4.50. The molecule has 0 aromatic heterocycles. The van der Waals surface area contributed by atoms with Crippen molar-refractivity contribution < 1.29 is 18.7 Å². The van der Waals surface area contributed by atoms with Crippen molar-refractivity contribution in [3.63, 3.8) is 0 Å². The molecule has 0 saturated carbocycles. The minimum atomic E-state index is -0.689. The number of amides is 1. The van der Waals surface area contributed by atoms with Crippen molar-refractivity contribution in [3.8, 4) is 0 Å². The molecule has 1 unspecified atom stereocenters. The fraction of sp³-hybridized carbons (Fsp3) is 0.562. The van der Waals surface area contributed by atoms with Gasteiger partial charge in [-0.05, 0) is 52.8 Å². The van der Waals surface area contributed by atoms with E-state index >= 15 is 0 Å². The number of benzene rings is 1. The molecule has 5 nitrogen and oxygen atoms in total. The molecule has 1 amide bonds. The van der Waals surface area contributed by atoms with Gasteiger partial charge in [-0.2, -0.15) is 0 Å². The molecule has 1 atom stereocenters. The van der Waals surface area contributed by atoms with E-state index in [4.69, 9.17) is 9.47 Å². The number of nitrogens with one attached hydrogen (secondary N) is 2. The van der Waals surface area contributed by atoms with Crippen LogP contribution >= 0.6 is 0 Å². The van der Waals surface area contributed by atoms with Gasteiger partial charge in [0.2, 0.25) is 0 Å². The Kier molecular flexibility index (Phi) is 6.61. The minimum absolute atomic E-state index is 0.0692. The van der Waals surface area contributed by atoms with E-state index in [2.05, 4.69) is 10.6 Å². The van der Waals surface area contributed by atoms with Crippen LogP contribution in [-0.2, 0) is 9.47 Å². The summed E-state index contributed by atoms with van der Waals surface area (Å²) in [5.41, 5.74) is 0.130. The van der Waals surface area contributed by atoms with Crippen LogP contribution in [0.4, 0.5) is 20.6 Å². The van der Waals surface area contributed by atoms with Gasteiger partial charge in [0.05, 0.1) is 12.3 Å². The summed E-state index contributed by atoms with van der Waals surface area (Å²) in [5.74, 6) is -0.520. The first-order valence-corrected chi connectivity index (χ1v) is 7.35. The summed E-state index contributed by atoms with van der Waals surface area (Å²) in [6.07, 6.45) is -0.689. The predicted molar refractivity (Wildman–Crippen MR) is 85.8 cm³/mol. The van der Waals surface area contributed by atoms with Crippen LogP contribution in [0.5, 0.6) is 0 Å². The van der Waals surface area contributed by atoms with Crippen LogP contribution in [0.2, 0.25) is 0 Å². The van der Waals surface area contributed by atoms with Gasteiger partial charge in [-0.25, -0.2) is 9.18 Å². The van der Waals surface area contributed by atoms with Gasteiger partial charge in [0.1, 0.15) is 11.4 Å². The van der Waals surface area contributed by atoms with Crippen LogP contribution in [0.25, 0.3) is 0 Å². The van der Waals surface area contributed by atoms with Crippen molar-refractivity contribution in [2.24, 2.45) is 0 Å². The zero-order valence-electron chi connectivity index (χ0n) is 13.8. The Morgan fingerprint density at radius 3 is 2.64 bits per heavy atom. The van der Waals surface area contributed by atoms with Crippen LogP contribution in [0, 0.1) is 5.82 Å². The van der Waals surface area contributed by atoms with Gasteiger partial charge >= 0.3 is 6.09 Å². The van der Waals surface area contributed by atoms with E-state index in [1.54, 1.807) is 26.8 Å². The maximum Gasteiger partial charge on any atom is 0.412 e. The lowest BCUT2D eigenvalue weighted by Crippen LogP contribution is -2.27. The highest BCUT2D eigenvalue weighted by atomic mass is 19.1. The summed E-state index contributed by atoms with van der Waals surface area (Å²) >= 11 is 0. The Morgan fingerprint density at radius 2 is 2.05 bits per heavy atom. The second-order valence-electron chi connectivity index (χ2n) is 6.03. The molecule has 0 aliphatic heterocycles. The van der Waals surface area contributed by atoms with Crippen LogP contribution in [0.3, 0.4) is 0 Å². The molecule has 1 rings (SSSR count). The lowest BCUT2D eigenvalue weighted by molar-refractivity contribution is 0.0635. The fourth-order valence-corrected chi connectivity index (χ4v) is 1.75. The molecule has 1 aromatic carbocycles. The molecule has 124 valence electrons. The van der Waals surface area contributed by atoms with Crippen LogP contribution in [0.1, 0.15) is 34.6 Å². The topological polar surface area (TPSA) is 59.6 Å². The van der Waals surface area contributed by atoms with Crippen molar-refractivity contribution in [2.45, 2.75) is 46.3 Å². The van der Waals surface area contributed by atoms with Gasteiger partial charge < -0.3 is 14.8 Å². The SMILES string of the molecule is CCOCC(C)Nc1ccc(F)c(NC(=O)OC(C)(C)C)c1. The number of hydrogen-bond donors (Lipinski definition) is 2. The zero-order valence-corrected chi connectivity index (χ0v) is 13.8. The molecule has 0 fully saturated rings. The highest BCUT2D eigenvalue weighted by molar-refractivity contribution is 5.85. The Morgan fingerprint density at radius 1 is 1.36 bits per heavy atom. The Bertz CT molecular complexity index is 501. The lowest BCUT2D eigenvalue weighted by atomic mass is 10.2. The maximum atomic E-state index is 13.8. The van der Waals surface area contributed by atoms with E-state index in [1.165, 1.54) is 12.1 Å². The van der Waals surface area contributed by atoms with E-state index in [9.17, 15) is 9.18 Å². The minimum Gasteiger partial charge on any atom is -0.444 e. The number of anilines is 2. The Hall–Kier alpha value is -1.82. The van der Waals surface area contributed by atoms with E-state index in [0.29, 0.717) is 18.9 Å². The summed E-state index contributed by atoms with van der Waals surface area (Å²) in [4.78, 5) is 11.7. The summed E-state index contributed by atoms with van der Waals surface area (Å²) < 4.78 is 24.2. The van der Waals surface area contributed by atoms with Crippen LogP contribution in [-0.4, -0.2) is 30.9 Å². The first-order chi connectivity index (χ1) is 10.2. The van der Waals surface area contributed by atoms with E-state index < -0.39 is 17.5 Å². The average Bonchev–Trinajstić information content (AvgIpc) is 2.38. The zero-order chi connectivity index (χ0) is 16.8. The van der Waals surface area contributed by atoms with E-state index in [-0.39, 0.29) is 11.7 Å². The third kappa shape index (κ3) is 6.76. The van der Waals surface area contributed by atoms with Gasteiger partial charge in [-0.15, -0.1) is 0 Å². The van der Waals surface area contributed by atoms with Gasteiger partial charge in [0.25, 0.3) is 0 Å². The fourth-order valence-electron chi connectivity index (χ4n) is 1.75. The van der Waals surface area contributed by atoms with Gasteiger partial charge in [0.15, 0.2) is 0 Å². The third-order valence-electron chi connectivity index (χ3n) is 2.59. The standard InChI is InChI=1S/C16H25FN2O3/c1-6-21-10-11(2)18-12-7-8-13(17)14(9-12)19-15(20)22-16(3,4)5/h7-9,11,18H,6,10H2,1-5H3,(H,19,20). The van der Waals surface area contributed by atoms with Crippen LogP contribution in [0.15, 0.2) is 18.2 Å². The number of hydrogen-bond acceptors (Lipinski definition) is 4. The second-order valence-corrected chi connectivity index (χ2v) is 6.03. The molecule has 0 radical (unpaired) electrons. The number of carbonyl (C=O) groups excluding carboxylic acids is 1.